The summed E-state index contributed by atoms with van der Waals surface area (Å²) >= 11 is -1.92. The van der Waals surface area contributed by atoms with E-state index >= 15 is 0 Å². The van der Waals surface area contributed by atoms with E-state index in [0.29, 0.717) is 0 Å². The van der Waals surface area contributed by atoms with Crippen molar-refractivity contribution >= 4 is 33.6 Å². The normalized spacial score (nSPS) is 11.6. The van der Waals surface area contributed by atoms with Gasteiger partial charge in [0.05, 0.1) is 0 Å². The van der Waals surface area contributed by atoms with Gasteiger partial charge in [-0.05, 0) is 6.92 Å². The third-order valence-corrected chi connectivity index (χ3v) is 1.12. The van der Waals surface area contributed by atoms with E-state index in [9.17, 15) is 0 Å². The molecule has 0 heterocycles. The van der Waals surface area contributed by atoms with E-state index in [1.54, 1.807) is 14.1 Å². The van der Waals surface area contributed by atoms with Crippen LogP contribution in [0.5, 0.6) is 0 Å². The summed E-state index contributed by atoms with van der Waals surface area (Å²) in [4.78, 5) is 3.96. The number of hydrogen-bond acceptors (Lipinski definition) is 1. The van der Waals surface area contributed by atoms with Crippen molar-refractivity contribution in [1.29, 1.82) is 0 Å². The number of rotatable bonds is 2. The van der Waals surface area contributed by atoms with Crippen LogP contribution in [0.15, 0.2) is 16.8 Å². The van der Waals surface area contributed by atoms with Crippen molar-refractivity contribution in [2.75, 3.05) is 14.1 Å². The van der Waals surface area contributed by atoms with Gasteiger partial charge >= 0.3 is 42.6 Å². The summed E-state index contributed by atoms with van der Waals surface area (Å²) < 4.78 is 0. The molecule has 0 bridgehead atoms. The first-order chi connectivity index (χ1) is 5.93. The van der Waals surface area contributed by atoms with Crippen LogP contribution in [0.1, 0.15) is 13.8 Å². The molecule has 0 aromatic heterocycles. The van der Waals surface area contributed by atoms with E-state index in [1.807, 2.05) is 19.9 Å². The summed E-state index contributed by atoms with van der Waals surface area (Å²) in [6.07, 6.45) is 1.94. The molecule has 0 atom stereocenters. The Kier molecular flexibility index (Phi) is 13.6. The minimum absolute atomic E-state index is 1.01. The van der Waals surface area contributed by atoms with E-state index in [1.165, 1.54) is 0 Å². The molecule has 0 unspecified atom stereocenters. The quantitative estimate of drug-likeness (QED) is 0.538. The zero-order valence-corrected chi connectivity index (χ0v) is 11.9. The van der Waals surface area contributed by atoms with Crippen LogP contribution in [0.25, 0.3) is 5.32 Å². The molecule has 0 amide bonds. The fourth-order valence-electron chi connectivity index (χ4n) is 0.431. The Balaban J connectivity index is 0. The van der Waals surface area contributed by atoms with Crippen LogP contribution < -0.4 is 0 Å². The molecule has 0 aliphatic carbocycles. The van der Waals surface area contributed by atoms with Gasteiger partial charge < -0.3 is 5.32 Å². The minimum atomic E-state index is -1.92. The predicted octanol–water partition coefficient (Wildman–Crippen LogP) is 4.05. The second-order valence-electron chi connectivity index (χ2n) is 2.09. The van der Waals surface area contributed by atoms with Crippen LogP contribution in [0.4, 0.5) is 0 Å². The topological polar surface area (TPSA) is 26.5 Å². The average Bonchev–Trinajstić information content (AvgIpc) is 2.03. The van der Waals surface area contributed by atoms with Crippen LogP contribution in [-0.2, 0) is 14.7 Å². The Bertz CT molecular complexity index is 178. The first-order valence-corrected chi connectivity index (χ1v) is 9.93. The van der Waals surface area contributed by atoms with Gasteiger partial charge in [0.1, 0.15) is 0 Å². The van der Waals surface area contributed by atoms with Crippen molar-refractivity contribution in [2.24, 2.45) is 4.99 Å². The van der Waals surface area contributed by atoms with Crippen molar-refractivity contribution in [3.63, 3.8) is 0 Å². The Hall–Kier alpha value is 0.794. The van der Waals surface area contributed by atoms with Crippen molar-refractivity contribution < 1.29 is 14.7 Å². The van der Waals surface area contributed by atoms with E-state index < -0.39 is 14.7 Å². The van der Waals surface area contributed by atoms with Gasteiger partial charge in [0.25, 0.3) is 0 Å². The summed E-state index contributed by atoms with van der Waals surface area (Å²) in [5.74, 6) is 0. The molecular formula is C7H13Cl3N2Ti. The molecule has 0 rings (SSSR count). The van der Waals surface area contributed by atoms with Crippen molar-refractivity contribution in [3.05, 3.63) is 17.1 Å². The first-order valence-electron chi connectivity index (χ1n) is 3.49. The first kappa shape index (κ1) is 16.2. The summed E-state index contributed by atoms with van der Waals surface area (Å²) in [7, 11) is 18.5. The van der Waals surface area contributed by atoms with Gasteiger partial charge in [0, 0.05) is 12.8 Å². The summed E-state index contributed by atoms with van der Waals surface area (Å²) in [6.45, 7) is 3.91. The standard InChI is InChI=1S/C7H13N2.3ClH.Ti/c1-6(8-3)5-7(2)9-4;;;;/h5H,1-4H3;3*1H;/q-1;;;;+4/p-3/b6-5-,9-7?;;;;. The number of allylic oxidation sites excluding steroid dienone is 2. The Morgan fingerprint density at radius 3 is 1.92 bits per heavy atom. The van der Waals surface area contributed by atoms with Gasteiger partial charge in [-0.25, -0.2) is 0 Å². The molecule has 0 spiro atoms. The zero-order chi connectivity index (χ0) is 10.9. The maximum atomic E-state index is 4.97. The Morgan fingerprint density at radius 1 is 1.31 bits per heavy atom. The van der Waals surface area contributed by atoms with Crippen molar-refractivity contribution in [2.45, 2.75) is 13.8 Å². The number of halogens is 3. The van der Waals surface area contributed by atoms with Gasteiger partial charge in [-0.2, -0.15) is 5.70 Å². The van der Waals surface area contributed by atoms with Crippen LogP contribution in [-0.4, -0.2) is 19.8 Å². The molecule has 0 N–H and O–H groups in total. The number of nitrogens with zero attached hydrogens (tertiary/aromatic N) is 2. The molecule has 0 aliphatic heterocycles. The molecule has 0 saturated heterocycles. The van der Waals surface area contributed by atoms with Crippen LogP contribution in [0, 0.1) is 0 Å². The molecule has 0 aromatic carbocycles. The Morgan fingerprint density at radius 2 is 1.69 bits per heavy atom. The summed E-state index contributed by atoms with van der Waals surface area (Å²) in [5, 5.41) is 3.96. The molecule has 6 heteroatoms. The zero-order valence-electron chi connectivity index (χ0n) is 8.11. The molecule has 0 radical (unpaired) electrons. The molecule has 0 saturated carbocycles. The van der Waals surface area contributed by atoms with E-state index in [2.05, 4.69) is 10.3 Å². The molecular weight excluding hydrogens is 266 g/mol. The van der Waals surface area contributed by atoms with Crippen LogP contribution >= 0.6 is 27.9 Å². The molecule has 0 aliphatic rings. The summed E-state index contributed by atoms with van der Waals surface area (Å²) in [5.41, 5.74) is 2.02. The molecule has 0 aromatic rings. The number of aliphatic imine (C=N–C) groups is 1. The van der Waals surface area contributed by atoms with Crippen molar-refractivity contribution in [1.82, 2.24) is 0 Å². The van der Waals surface area contributed by atoms with Crippen LogP contribution in [0.3, 0.4) is 0 Å². The second-order valence-corrected chi connectivity index (χ2v) is 9.83. The number of hydrogen-bond donors (Lipinski definition) is 0. The fraction of sp³-hybridized carbons (Fsp3) is 0.571. The predicted molar refractivity (Wildman–Crippen MR) is 59.6 cm³/mol. The van der Waals surface area contributed by atoms with E-state index in [0.717, 1.165) is 11.4 Å². The monoisotopic (exact) mass is 278 g/mol. The third-order valence-electron chi connectivity index (χ3n) is 1.12. The van der Waals surface area contributed by atoms with Gasteiger partial charge in [-0.3, -0.25) is 4.99 Å². The fourth-order valence-corrected chi connectivity index (χ4v) is 0.431. The van der Waals surface area contributed by atoms with Gasteiger partial charge in [0.2, 0.25) is 0 Å². The van der Waals surface area contributed by atoms with Gasteiger partial charge in [-0.15, -0.1) is 7.05 Å². The molecule has 13 heavy (non-hydrogen) atoms. The SMILES string of the molecule is CN=C(C)/C=C(/C)[N-]C.[Cl][Ti+]([Cl])[Cl]. The van der Waals surface area contributed by atoms with Crippen molar-refractivity contribution in [3.8, 4) is 0 Å². The van der Waals surface area contributed by atoms with Gasteiger partial charge in [0.15, 0.2) is 0 Å². The molecule has 2 nitrogen and oxygen atoms in total. The molecule has 76 valence electrons. The Labute approximate surface area is 97.8 Å². The molecule has 0 fully saturated rings. The van der Waals surface area contributed by atoms with Crippen LogP contribution in [0.2, 0.25) is 0 Å². The van der Waals surface area contributed by atoms with E-state index in [-0.39, 0.29) is 0 Å². The second kappa shape index (κ2) is 10.9. The summed E-state index contributed by atoms with van der Waals surface area (Å²) in [6, 6.07) is 0. The average molecular weight is 279 g/mol. The van der Waals surface area contributed by atoms with Gasteiger partial charge in [-0.1, -0.05) is 13.0 Å². The maximum absolute atomic E-state index is 4.97. The third kappa shape index (κ3) is 19.3. The van der Waals surface area contributed by atoms with E-state index in [4.69, 9.17) is 27.9 Å².